The van der Waals surface area contributed by atoms with E-state index in [9.17, 15) is 4.79 Å². The van der Waals surface area contributed by atoms with Crippen molar-refractivity contribution in [2.24, 2.45) is 0 Å². The molecule has 0 spiro atoms. The second-order valence-electron chi connectivity index (χ2n) is 5.23. The van der Waals surface area contributed by atoms with Gasteiger partial charge in [0.15, 0.2) is 5.16 Å². The molecule has 3 aromatic rings. The number of allylic oxidation sites excluding steroid dienone is 1. The monoisotopic (exact) mass is 347 g/mol. The third-order valence-corrected chi connectivity index (χ3v) is 5.84. The highest BCUT2D eigenvalue weighted by Crippen LogP contribution is 2.33. The lowest BCUT2D eigenvalue weighted by atomic mass is 10.2. The number of aromatic amines is 1. The molecular weight excluding hydrogens is 330 g/mol. The first kappa shape index (κ1) is 15.9. The number of rotatable bonds is 5. The van der Waals surface area contributed by atoms with E-state index in [1.165, 1.54) is 11.8 Å². The van der Waals surface area contributed by atoms with Gasteiger partial charge < -0.3 is 9.55 Å². The van der Waals surface area contributed by atoms with E-state index in [0.717, 1.165) is 20.4 Å². The van der Waals surface area contributed by atoms with Gasteiger partial charge in [-0.3, -0.25) is 4.79 Å². The molecule has 0 aromatic carbocycles. The molecule has 0 fully saturated rings. The summed E-state index contributed by atoms with van der Waals surface area (Å²) in [6, 6.07) is 0. The predicted molar refractivity (Wildman–Crippen MR) is 94.2 cm³/mol. The average Bonchev–Trinajstić information content (AvgIpc) is 3.05. The van der Waals surface area contributed by atoms with Crippen LogP contribution in [0.2, 0.25) is 0 Å². The van der Waals surface area contributed by atoms with Gasteiger partial charge in [0.05, 0.1) is 10.6 Å². The highest BCUT2D eigenvalue weighted by molar-refractivity contribution is 7.99. The third kappa shape index (κ3) is 2.96. The van der Waals surface area contributed by atoms with E-state index in [2.05, 4.69) is 26.7 Å². The van der Waals surface area contributed by atoms with E-state index in [1.54, 1.807) is 23.7 Å². The topological polar surface area (TPSA) is 76.5 Å². The molecule has 0 aliphatic rings. The van der Waals surface area contributed by atoms with Crippen LogP contribution in [0.1, 0.15) is 28.4 Å². The SMILES string of the molecule is C=CCn1cnnc1S[C@@H](C)c1nc2sc(C)c(C)c2c(=O)[nH]1. The summed E-state index contributed by atoms with van der Waals surface area (Å²) < 4.78 is 1.91. The Labute approximate surface area is 141 Å². The average molecular weight is 347 g/mol. The standard InChI is InChI=1S/C15H17N5OS2/c1-5-6-20-7-16-19-15(20)23-10(4)12-17-13(21)11-8(2)9(3)22-14(11)18-12/h5,7,10H,1,6H2,2-4H3,(H,17,18,21)/t10-/m0/s1. The van der Waals surface area contributed by atoms with Crippen molar-refractivity contribution in [1.82, 2.24) is 24.7 Å². The number of aryl methyl sites for hydroxylation is 2. The van der Waals surface area contributed by atoms with E-state index >= 15 is 0 Å². The summed E-state index contributed by atoms with van der Waals surface area (Å²) in [5.74, 6) is 0.655. The zero-order valence-corrected chi connectivity index (χ0v) is 14.8. The summed E-state index contributed by atoms with van der Waals surface area (Å²) >= 11 is 3.07. The third-order valence-electron chi connectivity index (χ3n) is 3.63. The number of hydrogen-bond donors (Lipinski definition) is 1. The minimum Gasteiger partial charge on any atom is -0.309 e. The van der Waals surface area contributed by atoms with Crippen LogP contribution in [-0.2, 0) is 6.54 Å². The van der Waals surface area contributed by atoms with Gasteiger partial charge in [0.1, 0.15) is 17.0 Å². The number of nitrogens with one attached hydrogen (secondary N) is 1. The Morgan fingerprint density at radius 1 is 1.52 bits per heavy atom. The fraction of sp³-hybridized carbons (Fsp3) is 0.333. The Morgan fingerprint density at radius 3 is 3.04 bits per heavy atom. The van der Waals surface area contributed by atoms with Crippen LogP contribution in [-0.4, -0.2) is 24.7 Å². The number of aromatic nitrogens is 5. The number of fused-ring (bicyclic) bond motifs is 1. The maximum absolute atomic E-state index is 12.4. The van der Waals surface area contributed by atoms with E-state index in [-0.39, 0.29) is 10.8 Å². The van der Waals surface area contributed by atoms with Crippen LogP contribution in [0.5, 0.6) is 0 Å². The van der Waals surface area contributed by atoms with Crippen molar-refractivity contribution >= 4 is 33.3 Å². The molecule has 23 heavy (non-hydrogen) atoms. The Hall–Kier alpha value is -1.93. The van der Waals surface area contributed by atoms with Gasteiger partial charge in [-0.1, -0.05) is 17.8 Å². The van der Waals surface area contributed by atoms with E-state index in [1.807, 2.05) is 25.3 Å². The van der Waals surface area contributed by atoms with Crippen LogP contribution in [0, 0.1) is 13.8 Å². The Morgan fingerprint density at radius 2 is 2.30 bits per heavy atom. The zero-order chi connectivity index (χ0) is 16.6. The van der Waals surface area contributed by atoms with Crippen molar-refractivity contribution in [3.8, 4) is 0 Å². The smallest absolute Gasteiger partial charge is 0.259 e. The number of thiophene rings is 1. The van der Waals surface area contributed by atoms with Crippen molar-refractivity contribution < 1.29 is 0 Å². The van der Waals surface area contributed by atoms with Gasteiger partial charge in [-0.25, -0.2) is 4.98 Å². The van der Waals surface area contributed by atoms with Crippen molar-refractivity contribution in [3.63, 3.8) is 0 Å². The Bertz CT molecular complexity index is 924. The molecule has 120 valence electrons. The molecule has 6 nitrogen and oxygen atoms in total. The lowest BCUT2D eigenvalue weighted by molar-refractivity contribution is 0.721. The summed E-state index contributed by atoms with van der Waals surface area (Å²) in [7, 11) is 0. The van der Waals surface area contributed by atoms with Crippen molar-refractivity contribution in [2.75, 3.05) is 0 Å². The van der Waals surface area contributed by atoms with Gasteiger partial charge in [-0.05, 0) is 26.3 Å². The fourth-order valence-corrected chi connectivity index (χ4v) is 4.21. The molecule has 0 saturated carbocycles. The maximum Gasteiger partial charge on any atom is 0.259 e. The summed E-state index contributed by atoms with van der Waals surface area (Å²) in [5, 5.41) is 9.47. The van der Waals surface area contributed by atoms with Crippen LogP contribution in [0.25, 0.3) is 10.2 Å². The van der Waals surface area contributed by atoms with Crippen LogP contribution in [0.3, 0.4) is 0 Å². The second-order valence-corrected chi connectivity index (χ2v) is 7.74. The van der Waals surface area contributed by atoms with Gasteiger partial charge in [0.25, 0.3) is 5.56 Å². The number of thioether (sulfide) groups is 1. The summed E-state index contributed by atoms with van der Waals surface area (Å²) in [4.78, 5) is 21.8. The van der Waals surface area contributed by atoms with Gasteiger partial charge >= 0.3 is 0 Å². The molecule has 1 N–H and O–H groups in total. The first-order valence-corrected chi connectivity index (χ1v) is 8.86. The second kappa shape index (κ2) is 6.29. The molecule has 1 atom stereocenters. The van der Waals surface area contributed by atoms with Crippen LogP contribution < -0.4 is 5.56 Å². The van der Waals surface area contributed by atoms with Crippen LogP contribution in [0.4, 0.5) is 0 Å². The van der Waals surface area contributed by atoms with Gasteiger partial charge in [0.2, 0.25) is 0 Å². The minimum absolute atomic E-state index is 0.0393. The molecule has 3 heterocycles. The van der Waals surface area contributed by atoms with E-state index < -0.39 is 0 Å². The molecule has 0 bridgehead atoms. The molecule has 3 rings (SSSR count). The summed E-state index contributed by atoms with van der Waals surface area (Å²) in [5.41, 5.74) is 0.934. The number of H-pyrrole nitrogens is 1. The first-order chi connectivity index (χ1) is 11.0. The predicted octanol–water partition coefficient (Wildman–Crippen LogP) is 3.23. The minimum atomic E-state index is -0.0770. The summed E-state index contributed by atoms with van der Waals surface area (Å²) in [6.07, 6.45) is 3.46. The van der Waals surface area contributed by atoms with E-state index in [4.69, 9.17) is 0 Å². The van der Waals surface area contributed by atoms with Crippen molar-refractivity contribution in [2.45, 2.75) is 37.7 Å². The van der Waals surface area contributed by atoms with Gasteiger partial charge in [0, 0.05) is 11.4 Å². The highest BCUT2D eigenvalue weighted by atomic mass is 32.2. The fourth-order valence-electron chi connectivity index (χ4n) is 2.28. The number of hydrogen-bond acceptors (Lipinski definition) is 6. The zero-order valence-electron chi connectivity index (χ0n) is 13.2. The Balaban J connectivity index is 1.95. The molecule has 0 radical (unpaired) electrons. The maximum atomic E-state index is 12.4. The highest BCUT2D eigenvalue weighted by Gasteiger charge is 2.18. The van der Waals surface area contributed by atoms with Crippen molar-refractivity contribution in [1.29, 1.82) is 0 Å². The molecule has 0 aliphatic heterocycles. The molecule has 0 saturated heterocycles. The summed E-state index contributed by atoms with van der Waals surface area (Å²) in [6.45, 7) is 10.3. The Kier molecular flexibility index (Phi) is 4.36. The van der Waals surface area contributed by atoms with Gasteiger partial charge in [-0.15, -0.1) is 28.1 Å². The normalized spacial score (nSPS) is 12.7. The lowest BCUT2D eigenvalue weighted by Gasteiger charge is -2.10. The first-order valence-electron chi connectivity index (χ1n) is 7.16. The molecule has 8 heteroatoms. The largest absolute Gasteiger partial charge is 0.309 e. The molecule has 0 unspecified atom stereocenters. The van der Waals surface area contributed by atoms with Crippen molar-refractivity contribution in [3.05, 3.63) is 45.6 Å². The molecule has 0 amide bonds. The molecule has 0 aliphatic carbocycles. The lowest BCUT2D eigenvalue weighted by Crippen LogP contribution is -2.12. The quantitative estimate of drug-likeness (QED) is 0.566. The molecular formula is C15H17N5OS2. The number of nitrogens with zero attached hydrogens (tertiary/aromatic N) is 4. The van der Waals surface area contributed by atoms with Gasteiger partial charge in [-0.2, -0.15) is 0 Å². The van der Waals surface area contributed by atoms with Crippen LogP contribution in [0.15, 0.2) is 28.9 Å². The molecule has 3 aromatic heterocycles. The van der Waals surface area contributed by atoms with E-state index in [0.29, 0.717) is 17.8 Å². The van der Waals surface area contributed by atoms with Crippen LogP contribution >= 0.6 is 23.1 Å².